The fourth-order valence-corrected chi connectivity index (χ4v) is 2.56. The number of fused-ring (bicyclic) bond motifs is 1. The molecule has 1 aromatic heterocycles. The van der Waals surface area contributed by atoms with Crippen LogP contribution in [0.5, 0.6) is 0 Å². The van der Waals surface area contributed by atoms with Crippen molar-refractivity contribution in [1.82, 2.24) is 5.32 Å². The standard InChI is InChI=1S/C14H17BrFNO/c1-3-5-12(17-4-2)13-8-9-11(16)7-6-10(15)14(9)18-13/h6-8,12,17H,3-5H2,1-2H3. The Bertz CT molecular complexity index is 493. The predicted molar refractivity (Wildman–Crippen MR) is 75.2 cm³/mol. The third-order valence-corrected chi connectivity index (χ3v) is 3.60. The SMILES string of the molecule is CCCC(NCC)c1cc2c(F)ccc(Br)c2o1. The number of halogens is 2. The molecule has 18 heavy (non-hydrogen) atoms. The van der Waals surface area contributed by atoms with Gasteiger partial charge >= 0.3 is 0 Å². The van der Waals surface area contributed by atoms with Gasteiger partial charge in [-0.25, -0.2) is 4.39 Å². The molecule has 1 unspecified atom stereocenters. The topological polar surface area (TPSA) is 25.2 Å². The zero-order chi connectivity index (χ0) is 13.1. The molecule has 1 aromatic carbocycles. The van der Waals surface area contributed by atoms with E-state index in [1.807, 2.05) is 0 Å². The monoisotopic (exact) mass is 313 g/mol. The van der Waals surface area contributed by atoms with Gasteiger partial charge in [-0.2, -0.15) is 0 Å². The number of rotatable bonds is 5. The Hall–Kier alpha value is -0.870. The van der Waals surface area contributed by atoms with Gasteiger partial charge in [-0.15, -0.1) is 0 Å². The Kier molecular flexibility index (Phi) is 4.40. The molecule has 0 fully saturated rings. The van der Waals surface area contributed by atoms with E-state index in [1.54, 1.807) is 12.1 Å². The zero-order valence-electron chi connectivity index (χ0n) is 10.6. The first-order valence-corrected chi connectivity index (χ1v) is 7.07. The molecule has 2 rings (SSSR count). The lowest BCUT2D eigenvalue weighted by atomic mass is 10.1. The first-order chi connectivity index (χ1) is 8.67. The summed E-state index contributed by atoms with van der Waals surface area (Å²) >= 11 is 3.39. The van der Waals surface area contributed by atoms with Crippen molar-refractivity contribution in [2.75, 3.05) is 6.54 Å². The molecule has 1 atom stereocenters. The summed E-state index contributed by atoms with van der Waals surface area (Å²) in [6.45, 7) is 5.05. The number of hydrogen-bond donors (Lipinski definition) is 1. The molecule has 0 saturated carbocycles. The van der Waals surface area contributed by atoms with Gasteiger partial charge in [0.2, 0.25) is 0 Å². The molecule has 0 bridgehead atoms. The first kappa shape index (κ1) is 13.6. The van der Waals surface area contributed by atoms with Crippen molar-refractivity contribution in [3.8, 4) is 0 Å². The van der Waals surface area contributed by atoms with Gasteiger partial charge in [-0.3, -0.25) is 0 Å². The first-order valence-electron chi connectivity index (χ1n) is 6.28. The van der Waals surface area contributed by atoms with Gasteiger partial charge in [0, 0.05) is 0 Å². The summed E-state index contributed by atoms with van der Waals surface area (Å²) in [6, 6.07) is 5.08. The van der Waals surface area contributed by atoms with Crippen LogP contribution in [0.15, 0.2) is 27.1 Å². The minimum absolute atomic E-state index is 0.152. The van der Waals surface area contributed by atoms with E-state index in [1.165, 1.54) is 6.07 Å². The van der Waals surface area contributed by atoms with Crippen molar-refractivity contribution in [2.24, 2.45) is 0 Å². The molecule has 98 valence electrons. The Labute approximate surface area is 115 Å². The highest BCUT2D eigenvalue weighted by Gasteiger charge is 2.17. The summed E-state index contributed by atoms with van der Waals surface area (Å²) in [5.74, 6) is 0.564. The van der Waals surface area contributed by atoms with Crippen molar-refractivity contribution in [3.05, 3.63) is 34.2 Å². The van der Waals surface area contributed by atoms with Crippen LogP contribution in [-0.2, 0) is 0 Å². The Morgan fingerprint density at radius 2 is 2.17 bits per heavy atom. The maximum Gasteiger partial charge on any atom is 0.151 e. The summed E-state index contributed by atoms with van der Waals surface area (Å²) < 4.78 is 20.3. The van der Waals surface area contributed by atoms with Crippen molar-refractivity contribution in [3.63, 3.8) is 0 Å². The van der Waals surface area contributed by atoms with Crippen LogP contribution in [0, 0.1) is 5.82 Å². The highest BCUT2D eigenvalue weighted by atomic mass is 79.9. The van der Waals surface area contributed by atoms with Gasteiger partial charge in [0.25, 0.3) is 0 Å². The van der Waals surface area contributed by atoms with Crippen LogP contribution in [0.2, 0.25) is 0 Å². The molecular formula is C14H17BrFNO. The van der Waals surface area contributed by atoms with Crippen molar-refractivity contribution < 1.29 is 8.81 Å². The van der Waals surface area contributed by atoms with Crippen molar-refractivity contribution in [2.45, 2.75) is 32.7 Å². The van der Waals surface area contributed by atoms with E-state index in [2.05, 4.69) is 35.1 Å². The summed E-state index contributed by atoms with van der Waals surface area (Å²) in [7, 11) is 0. The Morgan fingerprint density at radius 1 is 1.39 bits per heavy atom. The lowest BCUT2D eigenvalue weighted by molar-refractivity contribution is 0.414. The predicted octanol–water partition coefficient (Wildman–Crippen LogP) is 4.79. The highest BCUT2D eigenvalue weighted by Crippen LogP contribution is 2.32. The molecule has 0 aliphatic rings. The zero-order valence-corrected chi connectivity index (χ0v) is 12.2. The van der Waals surface area contributed by atoms with E-state index < -0.39 is 0 Å². The second-order valence-electron chi connectivity index (χ2n) is 4.32. The minimum atomic E-state index is -0.241. The quantitative estimate of drug-likeness (QED) is 0.859. The molecule has 0 radical (unpaired) electrons. The van der Waals surface area contributed by atoms with Crippen LogP contribution < -0.4 is 5.32 Å². The van der Waals surface area contributed by atoms with Gasteiger partial charge in [-0.1, -0.05) is 20.3 Å². The molecule has 2 aromatic rings. The highest BCUT2D eigenvalue weighted by molar-refractivity contribution is 9.10. The van der Waals surface area contributed by atoms with E-state index in [9.17, 15) is 4.39 Å². The van der Waals surface area contributed by atoms with Gasteiger partial charge in [0.05, 0.1) is 15.9 Å². The lowest BCUT2D eigenvalue weighted by Crippen LogP contribution is -2.20. The number of furan rings is 1. The van der Waals surface area contributed by atoms with E-state index in [4.69, 9.17) is 4.42 Å². The average Bonchev–Trinajstić information content (AvgIpc) is 2.80. The maximum absolute atomic E-state index is 13.7. The Morgan fingerprint density at radius 3 is 2.78 bits per heavy atom. The van der Waals surface area contributed by atoms with Gasteiger partial charge in [-0.05, 0) is 47.1 Å². The number of hydrogen-bond acceptors (Lipinski definition) is 2. The second-order valence-corrected chi connectivity index (χ2v) is 5.17. The molecule has 0 aliphatic carbocycles. The van der Waals surface area contributed by atoms with E-state index in [-0.39, 0.29) is 11.9 Å². The fourth-order valence-electron chi connectivity index (χ4n) is 2.13. The van der Waals surface area contributed by atoms with Crippen molar-refractivity contribution in [1.29, 1.82) is 0 Å². The second kappa shape index (κ2) is 5.85. The van der Waals surface area contributed by atoms with Crippen LogP contribution >= 0.6 is 15.9 Å². The fraction of sp³-hybridized carbons (Fsp3) is 0.429. The number of nitrogens with one attached hydrogen (secondary N) is 1. The molecule has 0 saturated heterocycles. The maximum atomic E-state index is 13.7. The van der Waals surface area contributed by atoms with Crippen LogP contribution in [0.1, 0.15) is 38.5 Å². The molecule has 4 heteroatoms. The normalized spacial score (nSPS) is 13.1. The van der Waals surface area contributed by atoms with Gasteiger partial charge in [0.15, 0.2) is 5.58 Å². The smallest absolute Gasteiger partial charge is 0.151 e. The molecule has 0 amide bonds. The molecular weight excluding hydrogens is 297 g/mol. The van der Waals surface area contributed by atoms with Crippen LogP contribution in [0.4, 0.5) is 4.39 Å². The van der Waals surface area contributed by atoms with E-state index in [0.29, 0.717) is 11.0 Å². The third kappa shape index (κ3) is 2.59. The summed E-state index contributed by atoms with van der Waals surface area (Å²) in [5, 5.41) is 3.91. The molecule has 1 N–H and O–H groups in total. The number of benzene rings is 1. The Balaban J connectivity index is 2.44. The summed E-state index contributed by atoms with van der Waals surface area (Å²) in [4.78, 5) is 0. The van der Waals surface area contributed by atoms with E-state index in [0.717, 1.165) is 29.6 Å². The molecule has 2 nitrogen and oxygen atoms in total. The minimum Gasteiger partial charge on any atom is -0.458 e. The summed E-state index contributed by atoms with van der Waals surface area (Å²) in [5.41, 5.74) is 0.587. The van der Waals surface area contributed by atoms with Crippen LogP contribution in [-0.4, -0.2) is 6.54 Å². The third-order valence-electron chi connectivity index (χ3n) is 2.97. The largest absolute Gasteiger partial charge is 0.458 e. The molecule has 1 heterocycles. The van der Waals surface area contributed by atoms with Gasteiger partial charge < -0.3 is 9.73 Å². The molecule has 0 spiro atoms. The molecule has 0 aliphatic heterocycles. The van der Waals surface area contributed by atoms with Crippen LogP contribution in [0.25, 0.3) is 11.0 Å². The van der Waals surface area contributed by atoms with Crippen molar-refractivity contribution >= 4 is 26.9 Å². The lowest BCUT2D eigenvalue weighted by Gasteiger charge is -2.13. The average molecular weight is 314 g/mol. The van der Waals surface area contributed by atoms with E-state index >= 15 is 0 Å². The summed E-state index contributed by atoms with van der Waals surface area (Å²) in [6.07, 6.45) is 2.03. The van der Waals surface area contributed by atoms with Gasteiger partial charge in [0.1, 0.15) is 11.6 Å². The van der Waals surface area contributed by atoms with Crippen LogP contribution in [0.3, 0.4) is 0 Å².